The molecule has 1 aromatic rings. The molecule has 1 atom stereocenters. The molecule has 0 bridgehead atoms. The van der Waals surface area contributed by atoms with E-state index in [0.29, 0.717) is 13.0 Å². The highest BCUT2D eigenvalue weighted by atomic mass is 32.1. The van der Waals surface area contributed by atoms with Crippen molar-refractivity contribution in [2.45, 2.75) is 46.0 Å². The molecule has 1 aliphatic heterocycles. The molecule has 2 N–H and O–H groups in total. The van der Waals surface area contributed by atoms with Gasteiger partial charge in [0.2, 0.25) is 5.91 Å². The maximum Gasteiger partial charge on any atom is 0.228 e. The van der Waals surface area contributed by atoms with Gasteiger partial charge in [0.1, 0.15) is 0 Å². The van der Waals surface area contributed by atoms with Crippen molar-refractivity contribution in [1.82, 2.24) is 9.88 Å². The Labute approximate surface area is 125 Å². The summed E-state index contributed by atoms with van der Waals surface area (Å²) >= 11 is 1.64. The van der Waals surface area contributed by atoms with Gasteiger partial charge in [0, 0.05) is 23.9 Å². The van der Waals surface area contributed by atoms with E-state index >= 15 is 0 Å². The van der Waals surface area contributed by atoms with Gasteiger partial charge in [-0.05, 0) is 18.4 Å². The van der Waals surface area contributed by atoms with E-state index in [1.54, 1.807) is 11.3 Å². The lowest BCUT2D eigenvalue weighted by Gasteiger charge is -2.22. The number of rotatable bonds is 3. The lowest BCUT2D eigenvalue weighted by Crippen LogP contribution is -2.35. The van der Waals surface area contributed by atoms with E-state index in [9.17, 15) is 4.79 Å². The first-order chi connectivity index (χ1) is 9.23. The minimum Gasteiger partial charge on any atom is -0.342 e. The first-order valence-electron chi connectivity index (χ1n) is 7.16. The van der Waals surface area contributed by atoms with Gasteiger partial charge < -0.3 is 10.6 Å². The minimum absolute atomic E-state index is 0.0533. The molecule has 0 saturated carbocycles. The zero-order valence-corrected chi connectivity index (χ0v) is 13.7. The van der Waals surface area contributed by atoms with Gasteiger partial charge in [0.05, 0.1) is 17.1 Å². The van der Waals surface area contributed by atoms with Crippen LogP contribution in [0.5, 0.6) is 0 Å². The van der Waals surface area contributed by atoms with Crippen LogP contribution in [-0.2, 0) is 16.6 Å². The number of thiazole rings is 1. The van der Waals surface area contributed by atoms with Gasteiger partial charge in [-0.1, -0.05) is 27.7 Å². The monoisotopic (exact) mass is 295 g/mol. The van der Waals surface area contributed by atoms with Crippen molar-refractivity contribution in [3.05, 3.63) is 16.1 Å². The van der Waals surface area contributed by atoms with Crippen molar-refractivity contribution in [3.8, 4) is 0 Å². The van der Waals surface area contributed by atoms with E-state index in [2.05, 4.69) is 32.7 Å². The van der Waals surface area contributed by atoms with Crippen LogP contribution in [-0.4, -0.2) is 35.4 Å². The predicted molar refractivity (Wildman–Crippen MR) is 82.9 cm³/mol. The Balaban J connectivity index is 1.97. The smallest absolute Gasteiger partial charge is 0.228 e. The Hall–Kier alpha value is -0.940. The largest absolute Gasteiger partial charge is 0.342 e. The molecule has 1 aromatic heterocycles. The molecule has 0 spiro atoms. The summed E-state index contributed by atoms with van der Waals surface area (Å²) in [6.07, 6.45) is 1.41. The Bertz CT molecular complexity index is 492. The second-order valence-corrected chi connectivity index (χ2v) is 8.01. The van der Waals surface area contributed by atoms with Crippen molar-refractivity contribution in [1.29, 1.82) is 0 Å². The highest BCUT2D eigenvalue weighted by Crippen LogP contribution is 2.29. The van der Waals surface area contributed by atoms with E-state index in [-0.39, 0.29) is 16.7 Å². The fourth-order valence-electron chi connectivity index (χ4n) is 2.40. The quantitative estimate of drug-likeness (QED) is 0.930. The summed E-state index contributed by atoms with van der Waals surface area (Å²) in [6.45, 7) is 10.8. The molecule has 0 aliphatic carbocycles. The number of nitrogens with zero attached hydrogens (tertiary/aromatic N) is 2. The summed E-state index contributed by atoms with van der Waals surface area (Å²) in [6, 6.07) is 0. The molecule has 20 heavy (non-hydrogen) atoms. The number of carbonyl (C=O) groups excluding carboxylic acids is 1. The van der Waals surface area contributed by atoms with E-state index in [4.69, 9.17) is 5.73 Å². The number of nitrogens with two attached hydrogens (primary N) is 1. The van der Waals surface area contributed by atoms with Crippen molar-refractivity contribution in [2.75, 3.05) is 19.6 Å². The van der Waals surface area contributed by atoms with Crippen LogP contribution in [0.4, 0.5) is 0 Å². The number of likely N-dealkylation sites (tertiary alicyclic amines) is 1. The molecule has 0 aromatic carbocycles. The molecular weight excluding hydrogens is 270 g/mol. The van der Waals surface area contributed by atoms with Crippen LogP contribution >= 0.6 is 11.3 Å². The molecule has 1 fully saturated rings. The average molecular weight is 295 g/mol. The van der Waals surface area contributed by atoms with E-state index in [1.807, 2.05) is 10.3 Å². The molecule has 2 rings (SSSR count). The second kappa shape index (κ2) is 5.45. The molecule has 1 aliphatic rings. The minimum atomic E-state index is 0.0533. The third kappa shape index (κ3) is 3.38. The molecule has 2 heterocycles. The second-order valence-electron chi connectivity index (χ2n) is 7.15. The van der Waals surface area contributed by atoms with E-state index < -0.39 is 0 Å². The highest BCUT2D eigenvalue weighted by Gasteiger charge is 2.34. The molecule has 1 unspecified atom stereocenters. The van der Waals surface area contributed by atoms with E-state index in [0.717, 1.165) is 30.2 Å². The van der Waals surface area contributed by atoms with Gasteiger partial charge in [0.15, 0.2) is 0 Å². The zero-order valence-electron chi connectivity index (χ0n) is 12.9. The number of hydrogen-bond donors (Lipinski definition) is 1. The Morgan fingerprint density at radius 3 is 2.75 bits per heavy atom. The van der Waals surface area contributed by atoms with Gasteiger partial charge in [-0.3, -0.25) is 4.79 Å². The molecule has 4 nitrogen and oxygen atoms in total. The Kier molecular flexibility index (Phi) is 4.21. The van der Waals surface area contributed by atoms with Crippen molar-refractivity contribution in [3.63, 3.8) is 0 Å². The van der Waals surface area contributed by atoms with Crippen LogP contribution in [0.3, 0.4) is 0 Å². The normalized spacial score (nSPS) is 23.4. The van der Waals surface area contributed by atoms with Crippen molar-refractivity contribution >= 4 is 17.2 Å². The topological polar surface area (TPSA) is 59.2 Å². The standard InChI is InChI=1S/C15H25N3OS/c1-14(2,3)13-17-11(8-20-13)7-12(19)18-6-5-15(4,9-16)10-18/h8H,5-7,9-10,16H2,1-4H3. The van der Waals surface area contributed by atoms with Crippen molar-refractivity contribution in [2.24, 2.45) is 11.1 Å². The Morgan fingerprint density at radius 2 is 2.25 bits per heavy atom. The van der Waals surface area contributed by atoms with Crippen LogP contribution in [0.2, 0.25) is 0 Å². The average Bonchev–Trinajstić information content (AvgIpc) is 2.96. The van der Waals surface area contributed by atoms with Crippen molar-refractivity contribution < 1.29 is 4.79 Å². The lowest BCUT2D eigenvalue weighted by molar-refractivity contribution is -0.129. The summed E-state index contributed by atoms with van der Waals surface area (Å²) in [4.78, 5) is 18.9. The van der Waals surface area contributed by atoms with E-state index in [1.165, 1.54) is 0 Å². The summed E-state index contributed by atoms with van der Waals surface area (Å²) in [7, 11) is 0. The maximum absolute atomic E-state index is 12.3. The highest BCUT2D eigenvalue weighted by molar-refractivity contribution is 7.09. The third-order valence-electron chi connectivity index (χ3n) is 3.93. The first kappa shape index (κ1) is 15.4. The molecule has 0 radical (unpaired) electrons. The molecule has 1 saturated heterocycles. The van der Waals surface area contributed by atoms with Crippen LogP contribution < -0.4 is 5.73 Å². The van der Waals surface area contributed by atoms with Gasteiger partial charge >= 0.3 is 0 Å². The molecular formula is C15H25N3OS. The third-order valence-corrected chi connectivity index (χ3v) is 5.25. The van der Waals surface area contributed by atoms with Gasteiger partial charge in [-0.2, -0.15) is 0 Å². The summed E-state index contributed by atoms with van der Waals surface area (Å²) in [5.74, 6) is 0.174. The zero-order chi connectivity index (χ0) is 15.0. The number of aromatic nitrogens is 1. The van der Waals surface area contributed by atoms with Gasteiger partial charge in [-0.15, -0.1) is 11.3 Å². The number of carbonyl (C=O) groups is 1. The van der Waals surface area contributed by atoms with Crippen LogP contribution in [0.1, 0.15) is 44.8 Å². The molecule has 112 valence electrons. The summed E-state index contributed by atoms with van der Waals surface area (Å²) in [5.41, 5.74) is 6.83. The number of amides is 1. The molecule has 5 heteroatoms. The van der Waals surface area contributed by atoms with Crippen LogP contribution in [0.15, 0.2) is 5.38 Å². The maximum atomic E-state index is 12.3. The first-order valence-corrected chi connectivity index (χ1v) is 8.04. The number of hydrogen-bond acceptors (Lipinski definition) is 4. The fraction of sp³-hybridized carbons (Fsp3) is 0.733. The fourth-order valence-corrected chi connectivity index (χ4v) is 3.31. The lowest BCUT2D eigenvalue weighted by atomic mass is 9.90. The summed E-state index contributed by atoms with van der Waals surface area (Å²) < 4.78 is 0. The van der Waals surface area contributed by atoms with Gasteiger partial charge in [0.25, 0.3) is 0 Å². The van der Waals surface area contributed by atoms with Crippen LogP contribution in [0.25, 0.3) is 0 Å². The SMILES string of the molecule is CC1(CN)CCN(C(=O)Cc2csc(C(C)(C)C)n2)C1. The molecule has 1 amide bonds. The van der Waals surface area contributed by atoms with Crippen LogP contribution in [0, 0.1) is 5.41 Å². The van der Waals surface area contributed by atoms with Gasteiger partial charge in [-0.25, -0.2) is 4.98 Å². The summed E-state index contributed by atoms with van der Waals surface area (Å²) in [5, 5.41) is 3.10. The Morgan fingerprint density at radius 1 is 1.55 bits per heavy atom. The predicted octanol–water partition coefficient (Wildman–Crippen LogP) is 2.18.